The summed E-state index contributed by atoms with van der Waals surface area (Å²) < 4.78 is 27.4. The van der Waals surface area contributed by atoms with Crippen molar-refractivity contribution < 1.29 is 27.3 Å². The molecule has 0 amide bonds. The molecule has 9 aromatic rings. The summed E-state index contributed by atoms with van der Waals surface area (Å²) in [7, 11) is 0. The van der Waals surface area contributed by atoms with Crippen molar-refractivity contribution in [3.8, 4) is 39.5 Å². The Morgan fingerprint density at radius 3 is 2.25 bits per heavy atom. The zero-order valence-corrected chi connectivity index (χ0v) is 41.2. The third-order valence-electron chi connectivity index (χ3n) is 10.6. The molecule has 311 valence electrons. The molecule has 0 aliphatic rings. The predicted molar refractivity (Wildman–Crippen MR) is 254 cm³/mol. The number of nitrogens with zero attached hydrogens (tertiary/aromatic N) is 4. The number of rotatable bonds is 6. The van der Waals surface area contributed by atoms with Gasteiger partial charge in [0.15, 0.2) is 0 Å². The van der Waals surface area contributed by atoms with Crippen LogP contribution in [0.2, 0.25) is 17.3 Å². The predicted octanol–water partition coefficient (Wildman–Crippen LogP) is 13.7. The van der Waals surface area contributed by atoms with Gasteiger partial charge in [-0.25, -0.2) is 0 Å². The molecule has 0 aliphatic carbocycles. The normalized spacial score (nSPS) is 12.8. The molecule has 9 rings (SSSR count). The fourth-order valence-electron chi connectivity index (χ4n) is 7.75. The van der Waals surface area contributed by atoms with Crippen molar-refractivity contribution in [2.75, 3.05) is 0 Å². The van der Waals surface area contributed by atoms with E-state index in [0.717, 1.165) is 71.3 Å². The minimum atomic E-state index is -2.24. The average Bonchev–Trinajstić information content (AvgIpc) is 3.81. The Hall–Kier alpha value is -5.14. The van der Waals surface area contributed by atoms with Crippen LogP contribution in [0.5, 0.6) is 0 Å². The Bertz CT molecular complexity index is 3070. The van der Waals surface area contributed by atoms with Crippen LogP contribution < -0.4 is 4.40 Å². The molecule has 0 bridgehead atoms. The van der Waals surface area contributed by atoms with Crippen molar-refractivity contribution in [1.82, 2.24) is 19.5 Å². The third kappa shape index (κ3) is 9.38. The molecule has 4 aromatic heterocycles. The van der Waals surface area contributed by atoms with E-state index in [1.807, 2.05) is 75.6 Å². The van der Waals surface area contributed by atoms with Gasteiger partial charge in [-0.05, 0) is 58.9 Å². The molecule has 1 radical (unpaired) electrons. The van der Waals surface area contributed by atoms with Crippen LogP contribution in [0.3, 0.4) is 0 Å². The van der Waals surface area contributed by atoms with Gasteiger partial charge in [-0.2, -0.15) is 0 Å². The molecule has 0 N–H and O–H groups in total. The summed E-state index contributed by atoms with van der Waals surface area (Å²) in [5.74, 6) is 7.65. The Kier molecular flexibility index (Phi) is 11.7. The number of furan rings is 1. The Morgan fingerprint density at radius 1 is 0.770 bits per heavy atom. The topological polar surface area (TPSA) is 56.7 Å². The molecular formula is C54H54GeIrN4O-2. The smallest absolute Gasteiger partial charge is 0 e. The molecule has 61 heavy (non-hydrogen) atoms. The number of imidazole rings is 1. The zero-order chi connectivity index (χ0) is 44.2. The quantitative estimate of drug-likeness (QED) is 0.123. The number of hydrogen-bond acceptors (Lipinski definition) is 4. The first-order valence-corrected chi connectivity index (χ1v) is 28.0. The van der Waals surface area contributed by atoms with Gasteiger partial charge in [0.1, 0.15) is 5.58 Å². The van der Waals surface area contributed by atoms with Gasteiger partial charge < -0.3 is 8.98 Å². The molecule has 0 saturated heterocycles. The van der Waals surface area contributed by atoms with Crippen LogP contribution in [-0.4, -0.2) is 32.8 Å². The molecule has 5 nitrogen and oxygen atoms in total. The molecule has 7 heteroatoms. The zero-order valence-electron chi connectivity index (χ0n) is 38.7. The standard InChI is InChI=1S/C35H28N3O.C19H26GeN.Ir/c1-22-13-15-25-26-11-8-12-27(33(26)39-32(25)19-22)34-37-29-17-18-36-21-31(29)38(34)30-16-14-24(20-28(30)35(2,3)4)23-9-6-5-7-10-23;1-19(2,3)13-16-12-18(15-10-8-7-9-11-15)21-14-17(16)20(4,5)6;/h5-11,13-21H,1-4H3;7-10,12,14H,13H2,1-6H3;/q2*-1;/i;13D2;. The summed E-state index contributed by atoms with van der Waals surface area (Å²) in [6.07, 6.45) is 4.19. The fraction of sp³-hybridized carbons (Fsp3) is 0.241. The summed E-state index contributed by atoms with van der Waals surface area (Å²) in [6, 6.07) is 45.9. The second kappa shape index (κ2) is 17.3. The van der Waals surface area contributed by atoms with Gasteiger partial charge >= 0.3 is 135 Å². The number of fused-ring (bicyclic) bond motifs is 4. The van der Waals surface area contributed by atoms with Crippen LogP contribution in [0.25, 0.3) is 72.4 Å². The molecule has 0 spiro atoms. The molecule has 0 saturated carbocycles. The first kappa shape index (κ1) is 41.2. The maximum Gasteiger partial charge on any atom is 0 e. The van der Waals surface area contributed by atoms with E-state index >= 15 is 0 Å². The summed E-state index contributed by atoms with van der Waals surface area (Å²) in [5.41, 5.74) is 12.1. The molecule has 5 aromatic carbocycles. The van der Waals surface area contributed by atoms with E-state index in [9.17, 15) is 0 Å². The fourth-order valence-corrected chi connectivity index (χ4v) is 10.7. The summed E-state index contributed by atoms with van der Waals surface area (Å²) in [4.78, 5) is 14.2. The van der Waals surface area contributed by atoms with Crippen molar-refractivity contribution in [2.24, 2.45) is 5.41 Å². The van der Waals surface area contributed by atoms with Crippen molar-refractivity contribution in [1.29, 1.82) is 0 Å². The number of aromatic nitrogens is 4. The van der Waals surface area contributed by atoms with E-state index < -0.39 is 25.1 Å². The first-order chi connectivity index (χ1) is 29.3. The molecule has 0 atom stereocenters. The van der Waals surface area contributed by atoms with Gasteiger partial charge in [0.25, 0.3) is 0 Å². The average molecular weight is 1040 g/mol. The minimum Gasteiger partial charge on any atom is 0 e. The number of benzene rings is 5. The monoisotopic (exact) mass is 1040 g/mol. The second-order valence-electron chi connectivity index (χ2n) is 18.7. The number of pyridine rings is 2. The van der Waals surface area contributed by atoms with Crippen LogP contribution >= 0.6 is 0 Å². The largest absolute Gasteiger partial charge is 0 e. The third-order valence-corrected chi connectivity index (χ3v) is 14.9. The van der Waals surface area contributed by atoms with Crippen molar-refractivity contribution in [3.05, 3.63) is 163 Å². The first-order valence-electron chi connectivity index (χ1n) is 21.7. The van der Waals surface area contributed by atoms with Crippen LogP contribution in [-0.2, 0) is 31.9 Å². The van der Waals surface area contributed by atoms with Crippen LogP contribution in [0.1, 0.15) is 61.0 Å². The molecular weight excluding hydrogens is 985 g/mol. The maximum atomic E-state index is 8.76. The van der Waals surface area contributed by atoms with E-state index in [1.54, 1.807) is 6.20 Å². The van der Waals surface area contributed by atoms with Crippen LogP contribution in [0, 0.1) is 24.5 Å². The molecule has 4 heterocycles. The van der Waals surface area contributed by atoms with Crippen LogP contribution in [0.15, 0.2) is 138 Å². The van der Waals surface area contributed by atoms with E-state index in [0.29, 0.717) is 0 Å². The Labute approximate surface area is 380 Å². The van der Waals surface area contributed by atoms with Gasteiger partial charge in [0, 0.05) is 37.4 Å². The molecule has 0 unspecified atom stereocenters. The molecule has 0 fully saturated rings. The van der Waals surface area contributed by atoms with Crippen LogP contribution in [0.4, 0.5) is 0 Å². The minimum absolute atomic E-state index is 0. The number of aryl methyl sites for hydroxylation is 1. The SMILES string of the molecule is Cc1ccc2c(c1)oc1c(-c3nc4ccncc4n3-c3ccc(-c4ccccc4)cc3C(C)(C)C)[c-]ccc12.[2H]C([2H])(c1cc(-c2[c-]cccc2)nc[c]1[Ge]([CH3])([CH3])[CH3])C(C)(C)C.[Ir]. The van der Waals surface area contributed by atoms with Crippen molar-refractivity contribution in [3.63, 3.8) is 0 Å². The van der Waals surface area contributed by atoms with Gasteiger partial charge in [0.2, 0.25) is 0 Å². The van der Waals surface area contributed by atoms with Gasteiger partial charge in [0.05, 0.1) is 28.6 Å². The Balaban J connectivity index is 0.000000213. The van der Waals surface area contributed by atoms with Crippen molar-refractivity contribution in [2.45, 2.75) is 77.5 Å². The summed E-state index contributed by atoms with van der Waals surface area (Å²) >= 11 is -2.24. The number of hydrogen-bond donors (Lipinski definition) is 0. The van der Waals surface area contributed by atoms with E-state index in [-0.39, 0.29) is 25.5 Å². The van der Waals surface area contributed by atoms with E-state index in [2.05, 4.69) is 144 Å². The van der Waals surface area contributed by atoms with Gasteiger partial charge in [-0.3, -0.25) is 9.97 Å². The Morgan fingerprint density at radius 2 is 1.54 bits per heavy atom. The summed E-state index contributed by atoms with van der Waals surface area (Å²) in [5, 5.41) is 2.16. The van der Waals surface area contributed by atoms with Gasteiger partial charge in [-0.15, -0.1) is 18.2 Å². The summed E-state index contributed by atoms with van der Waals surface area (Å²) in [6.45, 7) is 14.7. The second-order valence-corrected chi connectivity index (χ2v) is 29.3. The van der Waals surface area contributed by atoms with Crippen molar-refractivity contribution >= 4 is 50.6 Å². The van der Waals surface area contributed by atoms with E-state index in [1.165, 1.54) is 22.3 Å². The molecule has 0 aliphatic heterocycles. The van der Waals surface area contributed by atoms with Gasteiger partial charge in [-0.1, -0.05) is 80.3 Å². The van der Waals surface area contributed by atoms with E-state index in [4.69, 9.17) is 12.1 Å². The maximum absolute atomic E-state index is 8.76.